The standard InChI is InChI=1S/C14H20O5/c1-10(15)13(12(16)14(17-2)18-3)19-9-11-7-5-4-6-8-11/h4-8,12-14,16H,9H2,1-3H3/t12-,13-/m1/s1. The first-order valence-electron chi connectivity index (χ1n) is 5.99. The largest absolute Gasteiger partial charge is 0.385 e. The molecule has 0 aromatic heterocycles. The van der Waals surface area contributed by atoms with Crippen LogP contribution < -0.4 is 0 Å². The lowest BCUT2D eigenvalue weighted by atomic mass is 10.1. The van der Waals surface area contributed by atoms with Gasteiger partial charge in [-0.05, 0) is 12.5 Å². The molecule has 1 aromatic rings. The summed E-state index contributed by atoms with van der Waals surface area (Å²) in [5.74, 6) is -0.275. The molecule has 0 spiro atoms. The number of rotatable bonds is 8. The second-order valence-electron chi connectivity index (χ2n) is 4.16. The van der Waals surface area contributed by atoms with Crippen LogP contribution in [0, 0.1) is 0 Å². The van der Waals surface area contributed by atoms with Crippen molar-refractivity contribution < 1.29 is 24.1 Å². The summed E-state index contributed by atoms with van der Waals surface area (Å²) in [6, 6.07) is 9.42. The predicted octanol–water partition coefficient (Wildman–Crippen LogP) is 1.14. The Labute approximate surface area is 113 Å². The highest BCUT2D eigenvalue weighted by Gasteiger charge is 2.32. The maximum atomic E-state index is 11.5. The molecular formula is C14H20O5. The molecule has 0 bridgehead atoms. The highest BCUT2D eigenvalue weighted by molar-refractivity contribution is 5.81. The van der Waals surface area contributed by atoms with Gasteiger partial charge >= 0.3 is 0 Å². The van der Waals surface area contributed by atoms with E-state index in [0.29, 0.717) is 0 Å². The van der Waals surface area contributed by atoms with Crippen molar-refractivity contribution in [3.63, 3.8) is 0 Å². The molecule has 0 fully saturated rings. The van der Waals surface area contributed by atoms with Gasteiger partial charge in [-0.25, -0.2) is 0 Å². The number of hydrogen-bond donors (Lipinski definition) is 1. The van der Waals surface area contributed by atoms with Crippen LogP contribution in [0.25, 0.3) is 0 Å². The average Bonchev–Trinajstić information content (AvgIpc) is 2.41. The van der Waals surface area contributed by atoms with E-state index in [1.54, 1.807) is 0 Å². The highest BCUT2D eigenvalue weighted by atomic mass is 16.7. The third-order valence-electron chi connectivity index (χ3n) is 2.73. The van der Waals surface area contributed by atoms with Crippen molar-refractivity contribution >= 4 is 5.78 Å². The van der Waals surface area contributed by atoms with Gasteiger partial charge < -0.3 is 19.3 Å². The lowest BCUT2D eigenvalue weighted by Gasteiger charge is -2.26. The molecule has 0 aliphatic heterocycles. The fourth-order valence-electron chi connectivity index (χ4n) is 1.73. The minimum atomic E-state index is -1.17. The molecule has 0 amide bonds. The highest BCUT2D eigenvalue weighted by Crippen LogP contribution is 2.12. The van der Waals surface area contributed by atoms with E-state index in [0.717, 1.165) is 5.56 Å². The molecule has 1 rings (SSSR count). The molecule has 0 heterocycles. The van der Waals surface area contributed by atoms with Gasteiger partial charge in [0.25, 0.3) is 0 Å². The molecule has 0 aliphatic carbocycles. The molecule has 0 unspecified atom stereocenters. The van der Waals surface area contributed by atoms with E-state index in [1.165, 1.54) is 21.1 Å². The quantitative estimate of drug-likeness (QED) is 0.716. The number of carbonyl (C=O) groups is 1. The molecule has 0 saturated carbocycles. The Hall–Kier alpha value is -1.27. The Bertz CT molecular complexity index is 375. The second kappa shape index (κ2) is 8.01. The van der Waals surface area contributed by atoms with Crippen LogP contribution >= 0.6 is 0 Å². The van der Waals surface area contributed by atoms with Crippen molar-refractivity contribution in [2.45, 2.75) is 32.0 Å². The third-order valence-corrected chi connectivity index (χ3v) is 2.73. The minimum Gasteiger partial charge on any atom is -0.385 e. The van der Waals surface area contributed by atoms with Gasteiger partial charge in [-0.1, -0.05) is 30.3 Å². The summed E-state index contributed by atoms with van der Waals surface area (Å²) in [5.41, 5.74) is 0.923. The topological polar surface area (TPSA) is 65.0 Å². The van der Waals surface area contributed by atoms with Crippen molar-refractivity contribution in [1.29, 1.82) is 0 Å². The minimum absolute atomic E-state index is 0.238. The Morgan fingerprint density at radius 2 is 1.79 bits per heavy atom. The van der Waals surface area contributed by atoms with Crippen molar-refractivity contribution in [2.24, 2.45) is 0 Å². The number of aliphatic hydroxyl groups is 1. The van der Waals surface area contributed by atoms with Gasteiger partial charge in [0.05, 0.1) is 6.61 Å². The number of carbonyl (C=O) groups excluding carboxylic acids is 1. The molecule has 2 atom stereocenters. The molecule has 0 radical (unpaired) electrons. The Kier molecular flexibility index (Phi) is 6.66. The van der Waals surface area contributed by atoms with E-state index in [4.69, 9.17) is 14.2 Å². The number of benzene rings is 1. The molecule has 5 nitrogen and oxygen atoms in total. The maximum absolute atomic E-state index is 11.5. The molecule has 5 heteroatoms. The summed E-state index contributed by atoms with van der Waals surface area (Å²) in [6.07, 6.45) is -3.05. The Morgan fingerprint density at radius 3 is 2.26 bits per heavy atom. The van der Waals surface area contributed by atoms with Crippen LogP contribution in [-0.4, -0.2) is 43.6 Å². The van der Waals surface area contributed by atoms with Crippen LogP contribution in [0.3, 0.4) is 0 Å². The van der Waals surface area contributed by atoms with Crippen LogP contribution in [-0.2, 0) is 25.6 Å². The van der Waals surface area contributed by atoms with Gasteiger partial charge in [-0.15, -0.1) is 0 Å². The van der Waals surface area contributed by atoms with Gasteiger partial charge in [0, 0.05) is 14.2 Å². The van der Waals surface area contributed by atoms with Gasteiger partial charge in [0.1, 0.15) is 12.2 Å². The van der Waals surface area contributed by atoms with E-state index < -0.39 is 18.5 Å². The number of ether oxygens (including phenoxy) is 3. The Balaban J connectivity index is 2.65. The number of hydrogen-bond acceptors (Lipinski definition) is 5. The van der Waals surface area contributed by atoms with Crippen LogP contribution in [0.1, 0.15) is 12.5 Å². The van der Waals surface area contributed by atoms with E-state index in [1.807, 2.05) is 30.3 Å². The summed E-state index contributed by atoms with van der Waals surface area (Å²) in [7, 11) is 2.79. The molecule has 106 valence electrons. The normalized spacial score (nSPS) is 14.4. The van der Waals surface area contributed by atoms with Crippen molar-refractivity contribution in [1.82, 2.24) is 0 Å². The third kappa shape index (κ3) is 4.72. The smallest absolute Gasteiger partial charge is 0.185 e. The summed E-state index contributed by atoms with van der Waals surface area (Å²) in [5, 5.41) is 10.0. The molecule has 19 heavy (non-hydrogen) atoms. The number of Topliss-reactive ketones (excluding diaryl/α,β-unsaturated/α-hetero) is 1. The Morgan fingerprint density at radius 1 is 1.21 bits per heavy atom. The van der Waals surface area contributed by atoms with Crippen molar-refractivity contribution in [2.75, 3.05) is 14.2 Å². The van der Waals surface area contributed by atoms with Crippen LogP contribution in [0.5, 0.6) is 0 Å². The summed E-state index contributed by atoms with van der Waals surface area (Å²) < 4.78 is 15.4. The van der Waals surface area contributed by atoms with Crippen LogP contribution in [0.2, 0.25) is 0 Å². The number of methoxy groups -OCH3 is 2. The fraction of sp³-hybridized carbons (Fsp3) is 0.500. The molecule has 0 saturated heterocycles. The van der Waals surface area contributed by atoms with Crippen LogP contribution in [0.15, 0.2) is 30.3 Å². The maximum Gasteiger partial charge on any atom is 0.185 e. The van der Waals surface area contributed by atoms with E-state index in [9.17, 15) is 9.90 Å². The van der Waals surface area contributed by atoms with Gasteiger partial charge in [0.2, 0.25) is 0 Å². The second-order valence-corrected chi connectivity index (χ2v) is 4.16. The average molecular weight is 268 g/mol. The first-order chi connectivity index (χ1) is 9.10. The van der Waals surface area contributed by atoms with Gasteiger partial charge in [0.15, 0.2) is 12.1 Å². The lowest BCUT2D eigenvalue weighted by molar-refractivity contribution is -0.200. The van der Waals surface area contributed by atoms with Crippen molar-refractivity contribution in [3.8, 4) is 0 Å². The SMILES string of the molecule is COC(OC)[C@H](O)[C@H](OCc1ccccc1)C(C)=O. The molecule has 1 aromatic carbocycles. The number of ketones is 1. The van der Waals surface area contributed by atoms with Crippen molar-refractivity contribution in [3.05, 3.63) is 35.9 Å². The molecular weight excluding hydrogens is 248 g/mol. The number of aliphatic hydroxyl groups excluding tert-OH is 1. The van der Waals surface area contributed by atoms with Crippen LogP contribution in [0.4, 0.5) is 0 Å². The van der Waals surface area contributed by atoms with E-state index >= 15 is 0 Å². The monoisotopic (exact) mass is 268 g/mol. The molecule has 1 N–H and O–H groups in total. The fourth-order valence-corrected chi connectivity index (χ4v) is 1.73. The van der Waals surface area contributed by atoms with E-state index in [-0.39, 0.29) is 12.4 Å². The van der Waals surface area contributed by atoms with E-state index in [2.05, 4.69) is 0 Å². The zero-order valence-electron chi connectivity index (χ0n) is 11.4. The molecule has 0 aliphatic rings. The zero-order valence-corrected chi connectivity index (χ0v) is 11.4. The van der Waals surface area contributed by atoms with Gasteiger partial charge in [-0.2, -0.15) is 0 Å². The zero-order chi connectivity index (χ0) is 14.3. The first kappa shape index (κ1) is 15.8. The van der Waals surface area contributed by atoms with Gasteiger partial charge in [-0.3, -0.25) is 4.79 Å². The first-order valence-corrected chi connectivity index (χ1v) is 5.99. The predicted molar refractivity (Wildman–Crippen MR) is 69.5 cm³/mol. The summed E-state index contributed by atoms with van der Waals surface area (Å²) in [6.45, 7) is 1.60. The summed E-state index contributed by atoms with van der Waals surface area (Å²) >= 11 is 0. The summed E-state index contributed by atoms with van der Waals surface area (Å²) in [4.78, 5) is 11.5. The lowest BCUT2D eigenvalue weighted by Crippen LogP contribution is -2.44.